The van der Waals surface area contributed by atoms with Gasteiger partial charge in [0, 0.05) is 18.1 Å². The van der Waals surface area contributed by atoms with Gasteiger partial charge in [0.15, 0.2) is 5.92 Å². The van der Waals surface area contributed by atoms with Gasteiger partial charge in [0.25, 0.3) is 5.69 Å². The second-order valence-corrected chi connectivity index (χ2v) is 4.66. The van der Waals surface area contributed by atoms with Crippen molar-refractivity contribution < 1.29 is 24.0 Å². The average molecular weight is 330 g/mol. The summed E-state index contributed by atoms with van der Waals surface area (Å²) in [6.07, 6.45) is -0.256. The highest BCUT2D eigenvalue weighted by Gasteiger charge is 2.33. The second-order valence-electron chi connectivity index (χ2n) is 4.26. The van der Waals surface area contributed by atoms with Crippen LogP contribution in [0.2, 0.25) is 5.02 Å². The van der Waals surface area contributed by atoms with Gasteiger partial charge in [-0.15, -0.1) is 0 Å². The lowest BCUT2D eigenvalue weighted by molar-refractivity contribution is -0.385. The molecule has 0 aliphatic carbocycles. The minimum Gasteiger partial charge on any atom is -0.465 e. The van der Waals surface area contributed by atoms with Gasteiger partial charge in [0.05, 0.1) is 23.2 Å². The molecule has 120 valence electrons. The Morgan fingerprint density at radius 1 is 1.23 bits per heavy atom. The third-order valence-corrected chi connectivity index (χ3v) is 3.20. The summed E-state index contributed by atoms with van der Waals surface area (Å²) in [5.74, 6) is -2.89. The van der Waals surface area contributed by atoms with Crippen molar-refractivity contribution in [3.05, 3.63) is 38.9 Å². The predicted molar refractivity (Wildman–Crippen MR) is 78.6 cm³/mol. The summed E-state index contributed by atoms with van der Waals surface area (Å²) in [4.78, 5) is 34.3. The largest absolute Gasteiger partial charge is 0.465 e. The topological polar surface area (TPSA) is 95.7 Å². The van der Waals surface area contributed by atoms with E-state index in [1.54, 1.807) is 13.8 Å². The first-order valence-corrected chi connectivity index (χ1v) is 7.05. The number of halogens is 1. The van der Waals surface area contributed by atoms with Gasteiger partial charge in [-0.05, 0) is 19.9 Å². The number of hydrogen-bond donors (Lipinski definition) is 0. The lowest BCUT2D eigenvalue weighted by Gasteiger charge is -2.15. The number of carbonyl (C=O) groups is 2. The third kappa shape index (κ3) is 4.42. The second kappa shape index (κ2) is 8.33. The lowest BCUT2D eigenvalue weighted by atomic mass is 9.98. The van der Waals surface area contributed by atoms with E-state index in [2.05, 4.69) is 0 Å². The highest BCUT2D eigenvalue weighted by atomic mass is 35.5. The molecular formula is C14H16ClNO6. The first kappa shape index (κ1) is 17.9. The Kier molecular flexibility index (Phi) is 6.78. The van der Waals surface area contributed by atoms with E-state index in [0.717, 1.165) is 0 Å². The highest BCUT2D eigenvalue weighted by molar-refractivity contribution is 6.31. The van der Waals surface area contributed by atoms with Crippen molar-refractivity contribution >= 4 is 29.2 Å². The fourth-order valence-corrected chi connectivity index (χ4v) is 2.12. The molecule has 0 bridgehead atoms. The van der Waals surface area contributed by atoms with Crippen LogP contribution in [0.4, 0.5) is 5.69 Å². The van der Waals surface area contributed by atoms with Crippen molar-refractivity contribution in [1.82, 2.24) is 0 Å². The van der Waals surface area contributed by atoms with Gasteiger partial charge >= 0.3 is 11.9 Å². The van der Waals surface area contributed by atoms with E-state index in [-0.39, 0.29) is 35.9 Å². The average Bonchev–Trinajstić information content (AvgIpc) is 2.45. The Bertz CT molecular complexity index is 556. The predicted octanol–water partition coefficient (Wildman–Crippen LogP) is 2.53. The molecule has 0 heterocycles. The monoisotopic (exact) mass is 329 g/mol. The molecule has 1 rings (SSSR count). The van der Waals surface area contributed by atoms with E-state index in [1.165, 1.54) is 18.2 Å². The number of hydrogen-bond acceptors (Lipinski definition) is 6. The summed E-state index contributed by atoms with van der Waals surface area (Å²) in [7, 11) is 0. The third-order valence-electron chi connectivity index (χ3n) is 2.84. The molecule has 0 atom stereocenters. The van der Waals surface area contributed by atoms with Gasteiger partial charge in [0.2, 0.25) is 0 Å². The fraction of sp³-hybridized carbons (Fsp3) is 0.429. The van der Waals surface area contributed by atoms with Crippen molar-refractivity contribution in [2.45, 2.75) is 20.3 Å². The molecule has 0 saturated carbocycles. The van der Waals surface area contributed by atoms with Crippen LogP contribution < -0.4 is 0 Å². The Balaban J connectivity index is 3.16. The van der Waals surface area contributed by atoms with Crippen molar-refractivity contribution in [2.24, 2.45) is 5.92 Å². The summed E-state index contributed by atoms with van der Waals surface area (Å²) in [6.45, 7) is 3.36. The lowest BCUT2D eigenvalue weighted by Crippen LogP contribution is -2.30. The van der Waals surface area contributed by atoms with Gasteiger partial charge in [-0.1, -0.05) is 17.7 Å². The van der Waals surface area contributed by atoms with Crippen LogP contribution in [0.25, 0.3) is 0 Å². The van der Waals surface area contributed by atoms with Crippen molar-refractivity contribution in [3.63, 3.8) is 0 Å². The quantitative estimate of drug-likeness (QED) is 0.330. The fourth-order valence-electron chi connectivity index (χ4n) is 1.87. The first-order chi connectivity index (χ1) is 10.4. The van der Waals surface area contributed by atoms with Gasteiger partial charge in [0.1, 0.15) is 0 Å². The van der Waals surface area contributed by atoms with Gasteiger partial charge in [-0.25, -0.2) is 0 Å². The molecule has 0 aliphatic heterocycles. The number of carbonyl (C=O) groups excluding carboxylic acids is 2. The van der Waals surface area contributed by atoms with E-state index < -0.39 is 22.8 Å². The van der Waals surface area contributed by atoms with Gasteiger partial charge in [-0.3, -0.25) is 19.7 Å². The zero-order valence-electron chi connectivity index (χ0n) is 12.2. The molecule has 0 N–H and O–H groups in total. The van der Waals surface area contributed by atoms with Crippen molar-refractivity contribution in [1.29, 1.82) is 0 Å². The maximum absolute atomic E-state index is 11.9. The number of nitrogens with zero attached hydrogens (tertiary/aromatic N) is 1. The first-order valence-electron chi connectivity index (χ1n) is 6.67. The maximum Gasteiger partial charge on any atom is 0.320 e. The van der Waals surface area contributed by atoms with Crippen LogP contribution in [0.1, 0.15) is 19.4 Å². The molecule has 1 aromatic carbocycles. The Morgan fingerprint density at radius 2 is 1.77 bits per heavy atom. The molecule has 8 heteroatoms. The minimum atomic E-state index is -1.29. The molecule has 0 saturated heterocycles. The van der Waals surface area contributed by atoms with Crippen LogP contribution in [0.3, 0.4) is 0 Å². The summed E-state index contributed by atoms with van der Waals surface area (Å²) in [5.41, 5.74) is -0.161. The number of esters is 2. The summed E-state index contributed by atoms with van der Waals surface area (Å²) in [5, 5.41) is 11.2. The maximum atomic E-state index is 11.9. The SMILES string of the molecule is CCOC(=O)C(Cc1c(Cl)cccc1[N+](=O)[O-])C(=O)OCC. The molecule has 0 aliphatic rings. The number of rotatable bonds is 7. The smallest absolute Gasteiger partial charge is 0.320 e. The van der Waals surface area contributed by atoms with Crippen molar-refractivity contribution in [2.75, 3.05) is 13.2 Å². The van der Waals surface area contributed by atoms with Gasteiger partial charge in [-0.2, -0.15) is 0 Å². The van der Waals surface area contributed by atoms with E-state index in [9.17, 15) is 19.7 Å². The summed E-state index contributed by atoms with van der Waals surface area (Å²) >= 11 is 5.97. The molecule has 0 unspecified atom stereocenters. The molecule has 0 radical (unpaired) electrons. The standard InChI is InChI=1S/C14H16ClNO6/c1-3-21-13(17)10(14(18)22-4-2)8-9-11(15)6-5-7-12(9)16(19)20/h5-7,10H,3-4,8H2,1-2H3. The van der Waals surface area contributed by atoms with E-state index >= 15 is 0 Å². The van der Waals surface area contributed by atoms with Crippen LogP contribution in [0, 0.1) is 16.0 Å². The number of benzene rings is 1. The molecular weight excluding hydrogens is 314 g/mol. The zero-order chi connectivity index (χ0) is 16.7. The zero-order valence-corrected chi connectivity index (χ0v) is 13.0. The number of nitro groups is 1. The Morgan fingerprint density at radius 3 is 2.23 bits per heavy atom. The molecule has 0 spiro atoms. The molecule has 0 fully saturated rings. The summed E-state index contributed by atoms with van der Waals surface area (Å²) in [6, 6.07) is 4.14. The van der Waals surface area contributed by atoms with Gasteiger partial charge < -0.3 is 9.47 Å². The molecule has 0 amide bonds. The van der Waals surface area contributed by atoms with Crippen LogP contribution in [0.15, 0.2) is 18.2 Å². The number of ether oxygens (including phenoxy) is 2. The number of nitro benzene ring substituents is 1. The normalized spacial score (nSPS) is 10.4. The minimum absolute atomic E-state index is 0.0827. The van der Waals surface area contributed by atoms with E-state index in [1.807, 2.05) is 0 Å². The van der Waals surface area contributed by atoms with E-state index in [4.69, 9.17) is 21.1 Å². The Hall–Kier alpha value is -2.15. The highest BCUT2D eigenvalue weighted by Crippen LogP contribution is 2.29. The summed E-state index contributed by atoms with van der Waals surface area (Å²) < 4.78 is 9.66. The van der Waals surface area contributed by atoms with Crippen LogP contribution in [0.5, 0.6) is 0 Å². The Labute approximate surface area is 132 Å². The van der Waals surface area contributed by atoms with E-state index in [0.29, 0.717) is 0 Å². The van der Waals surface area contributed by atoms with Crippen molar-refractivity contribution in [3.8, 4) is 0 Å². The molecule has 7 nitrogen and oxygen atoms in total. The van der Waals surface area contributed by atoms with Crippen LogP contribution in [-0.4, -0.2) is 30.1 Å². The molecule has 1 aromatic rings. The molecule has 0 aromatic heterocycles. The van der Waals surface area contributed by atoms with Crippen LogP contribution in [-0.2, 0) is 25.5 Å². The molecule has 22 heavy (non-hydrogen) atoms. The van der Waals surface area contributed by atoms with Crippen LogP contribution >= 0.6 is 11.6 Å².